The van der Waals surface area contributed by atoms with Crippen molar-refractivity contribution in [2.24, 2.45) is 0 Å². The predicted molar refractivity (Wildman–Crippen MR) is 114 cm³/mol. The fourth-order valence-corrected chi connectivity index (χ4v) is 4.12. The number of para-hydroxylation sites is 1. The Labute approximate surface area is 176 Å². The number of anilines is 1. The Bertz CT molecular complexity index is 921. The van der Waals surface area contributed by atoms with Crippen LogP contribution in [0.25, 0.3) is 0 Å². The lowest BCUT2D eigenvalue weighted by atomic mass is 9.98. The quantitative estimate of drug-likeness (QED) is 0.770. The van der Waals surface area contributed by atoms with Gasteiger partial charge in [-0.2, -0.15) is 0 Å². The van der Waals surface area contributed by atoms with Gasteiger partial charge in [-0.1, -0.05) is 48.5 Å². The Balaban J connectivity index is 1.54. The van der Waals surface area contributed by atoms with E-state index in [-0.39, 0.29) is 6.04 Å². The molecule has 0 radical (unpaired) electrons. The van der Waals surface area contributed by atoms with Crippen LogP contribution in [0, 0.1) is 6.92 Å². The van der Waals surface area contributed by atoms with Gasteiger partial charge in [0.05, 0.1) is 6.42 Å². The molecule has 0 amide bonds. The molecule has 2 aliphatic rings. The van der Waals surface area contributed by atoms with Gasteiger partial charge in [-0.25, -0.2) is 9.59 Å². The summed E-state index contributed by atoms with van der Waals surface area (Å²) in [5.41, 5.74) is 3.17. The minimum Gasteiger partial charge on any atom is -0.400 e. The fourth-order valence-electron chi connectivity index (χ4n) is 4.12. The molecule has 0 saturated carbocycles. The van der Waals surface area contributed by atoms with Crippen LogP contribution in [-0.4, -0.2) is 37.0 Å². The molecular formula is C24H26N2O4. The fraction of sp³-hybridized carbons (Fsp3) is 0.333. The Kier molecular flexibility index (Phi) is 5.86. The average molecular weight is 406 g/mol. The topological polar surface area (TPSA) is 67.9 Å². The Hall–Kier alpha value is -3.12. The van der Waals surface area contributed by atoms with E-state index in [1.54, 1.807) is 0 Å². The molecule has 2 aliphatic heterocycles. The lowest BCUT2D eigenvalue weighted by Gasteiger charge is -2.47. The molecule has 2 aromatic rings. The minimum atomic E-state index is -1.47. The summed E-state index contributed by atoms with van der Waals surface area (Å²) in [6.07, 6.45) is 4.34. The van der Waals surface area contributed by atoms with E-state index in [9.17, 15) is 9.59 Å². The number of carbonyl (C=O) groups is 2. The average Bonchev–Trinajstić information content (AvgIpc) is 2.87. The first kappa shape index (κ1) is 20.2. The molecule has 4 rings (SSSR count). The number of piperidine rings is 1. The maximum atomic E-state index is 12.3. The predicted octanol–water partition coefficient (Wildman–Crippen LogP) is 3.11. The van der Waals surface area contributed by atoms with Crippen molar-refractivity contribution < 1.29 is 19.1 Å². The van der Waals surface area contributed by atoms with Gasteiger partial charge in [0.25, 0.3) is 0 Å². The molecule has 30 heavy (non-hydrogen) atoms. The highest BCUT2D eigenvalue weighted by molar-refractivity contribution is 5.93. The molecule has 2 aromatic carbocycles. The van der Waals surface area contributed by atoms with Gasteiger partial charge in [-0.05, 0) is 43.5 Å². The first-order valence-electron chi connectivity index (χ1n) is 10.3. The van der Waals surface area contributed by atoms with Crippen molar-refractivity contribution in [2.45, 2.75) is 38.1 Å². The molecule has 0 aromatic heterocycles. The maximum Gasteiger partial charge on any atom is 0.344 e. The number of hydrogen-bond acceptors (Lipinski definition) is 6. The number of ether oxygens (including phenoxy) is 2. The Morgan fingerprint density at radius 1 is 1.00 bits per heavy atom. The molecule has 6 heteroatoms. The molecule has 0 aliphatic carbocycles. The SMILES string of the molecule is Cc1ccccc1N1CCC(NCCc2ccccc2)CC12OC(=O)C=CC(=O)O2. The molecule has 156 valence electrons. The minimum absolute atomic E-state index is 0.0488. The normalized spacial score (nSPS) is 20.6. The van der Waals surface area contributed by atoms with E-state index >= 15 is 0 Å². The number of esters is 2. The second kappa shape index (κ2) is 8.71. The van der Waals surface area contributed by atoms with Crippen LogP contribution in [0.1, 0.15) is 24.0 Å². The molecular weight excluding hydrogens is 380 g/mol. The molecule has 1 unspecified atom stereocenters. The highest BCUT2D eigenvalue weighted by atomic mass is 16.8. The van der Waals surface area contributed by atoms with Gasteiger partial charge in [0.2, 0.25) is 0 Å². The number of nitrogens with one attached hydrogen (secondary N) is 1. The summed E-state index contributed by atoms with van der Waals surface area (Å²) in [5, 5.41) is 3.55. The van der Waals surface area contributed by atoms with Crippen molar-refractivity contribution in [1.29, 1.82) is 0 Å². The third-order valence-electron chi connectivity index (χ3n) is 5.59. The molecule has 0 bridgehead atoms. The van der Waals surface area contributed by atoms with Gasteiger partial charge in [-0.3, -0.25) is 4.90 Å². The largest absolute Gasteiger partial charge is 0.400 e. The molecule has 1 spiro atoms. The summed E-state index contributed by atoms with van der Waals surface area (Å²) in [7, 11) is 0. The van der Waals surface area contributed by atoms with Gasteiger partial charge in [0, 0.05) is 30.4 Å². The van der Waals surface area contributed by atoms with E-state index in [0.717, 1.165) is 42.8 Å². The number of benzene rings is 2. The van der Waals surface area contributed by atoms with Crippen LogP contribution in [0.5, 0.6) is 0 Å². The molecule has 2 heterocycles. The molecule has 1 N–H and O–H groups in total. The van der Waals surface area contributed by atoms with Crippen molar-refractivity contribution >= 4 is 17.6 Å². The first-order chi connectivity index (χ1) is 14.6. The van der Waals surface area contributed by atoms with Gasteiger partial charge in [0.1, 0.15) is 0 Å². The standard InChI is InChI=1S/C24H26N2O4/c1-18-7-5-6-10-21(18)26-16-14-20(25-15-13-19-8-3-2-4-9-19)17-24(26)29-22(27)11-12-23(28)30-24/h2-12,20,25H,13-17H2,1H3. The monoisotopic (exact) mass is 406 g/mol. The van der Waals surface area contributed by atoms with Gasteiger partial charge >= 0.3 is 17.8 Å². The van der Waals surface area contributed by atoms with Crippen molar-refractivity contribution in [3.8, 4) is 0 Å². The zero-order chi connectivity index (χ0) is 21.0. The van der Waals surface area contributed by atoms with Crippen molar-refractivity contribution in [3.63, 3.8) is 0 Å². The van der Waals surface area contributed by atoms with Crippen LogP contribution < -0.4 is 10.2 Å². The highest BCUT2D eigenvalue weighted by Crippen LogP contribution is 2.38. The zero-order valence-electron chi connectivity index (χ0n) is 17.0. The second-order valence-corrected chi connectivity index (χ2v) is 7.71. The summed E-state index contributed by atoms with van der Waals surface area (Å²) in [6.45, 7) is 3.37. The van der Waals surface area contributed by atoms with Gasteiger partial charge in [-0.15, -0.1) is 0 Å². The van der Waals surface area contributed by atoms with E-state index < -0.39 is 17.8 Å². The van der Waals surface area contributed by atoms with E-state index in [4.69, 9.17) is 9.47 Å². The summed E-state index contributed by atoms with van der Waals surface area (Å²) >= 11 is 0. The van der Waals surface area contributed by atoms with E-state index in [2.05, 4.69) is 17.4 Å². The van der Waals surface area contributed by atoms with E-state index in [0.29, 0.717) is 13.0 Å². The Morgan fingerprint density at radius 2 is 1.67 bits per heavy atom. The third-order valence-corrected chi connectivity index (χ3v) is 5.59. The van der Waals surface area contributed by atoms with Crippen LogP contribution in [0.4, 0.5) is 5.69 Å². The zero-order valence-corrected chi connectivity index (χ0v) is 17.0. The number of rotatable bonds is 5. The van der Waals surface area contributed by atoms with E-state index in [1.165, 1.54) is 5.56 Å². The van der Waals surface area contributed by atoms with Crippen LogP contribution in [0.2, 0.25) is 0 Å². The lowest BCUT2D eigenvalue weighted by molar-refractivity contribution is -0.228. The van der Waals surface area contributed by atoms with Crippen LogP contribution in [0.15, 0.2) is 66.7 Å². The van der Waals surface area contributed by atoms with Gasteiger partial charge in [0.15, 0.2) is 0 Å². The van der Waals surface area contributed by atoms with Crippen molar-refractivity contribution in [1.82, 2.24) is 5.32 Å². The van der Waals surface area contributed by atoms with Crippen molar-refractivity contribution in [2.75, 3.05) is 18.0 Å². The maximum absolute atomic E-state index is 12.3. The summed E-state index contributed by atoms with van der Waals surface area (Å²) in [5.74, 6) is -2.62. The molecule has 1 saturated heterocycles. The third kappa shape index (κ3) is 4.39. The van der Waals surface area contributed by atoms with Crippen LogP contribution >= 0.6 is 0 Å². The van der Waals surface area contributed by atoms with Crippen molar-refractivity contribution in [3.05, 3.63) is 77.9 Å². The first-order valence-corrected chi connectivity index (χ1v) is 10.3. The summed E-state index contributed by atoms with van der Waals surface area (Å²) in [6, 6.07) is 18.2. The highest BCUT2D eigenvalue weighted by Gasteiger charge is 2.50. The molecule has 1 fully saturated rings. The number of carbonyl (C=O) groups excluding carboxylic acids is 2. The molecule has 6 nitrogen and oxygen atoms in total. The number of hydrogen-bond donors (Lipinski definition) is 1. The summed E-state index contributed by atoms with van der Waals surface area (Å²) in [4.78, 5) is 26.5. The number of aryl methyl sites for hydroxylation is 1. The van der Waals surface area contributed by atoms with Crippen LogP contribution in [0.3, 0.4) is 0 Å². The van der Waals surface area contributed by atoms with E-state index in [1.807, 2.05) is 54.3 Å². The van der Waals surface area contributed by atoms with Crippen LogP contribution in [-0.2, 0) is 25.5 Å². The second-order valence-electron chi connectivity index (χ2n) is 7.71. The number of nitrogens with zero attached hydrogens (tertiary/aromatic N) is 1. The smallest absolute Gasteiger partial charge is 0.344 e. The summed E-state index contributed by atoms with van der Waals surface area (Å²) < 4.78 is 11.5. The lowest BCUT2D eigenvalue weighted by Crippen LogP contribution is -2.62. The molecule has 1 atom stereocenters. The Morgan fingerprint density at radius 3 is 2.37 bits per heavy atom. The van der Waals surface area contributed by atoms with Gasteiger partial charge < -0.3 is 14.8 Å².